The highest BCUT2D eigenvalue weighted by atomic mass is 16.2. The number of amides is 3. The van der Waals surface area contributed by atoms with E-state index in [4.69, 9.17) is 0 Å². The van der Waals surface area contributed by atoms with E-state index in [1.54, 1.807) is 0 Å². The summed E-state index contributed by atoms with van der Waals surface area (Å²) >= 11 is 0. The molecule has 2 bridgehead atoms. The summed E-state index contributed by atoms with van der Waals surface area (Å²) in [4.78, 5) is 28.5. The summed E-state index contributed by atoms with van der Waals surface area (Å²) in [6.07, 6.45) is 2.10. The lowest BCUT2D eigenvalue weighted by Gasteiger charge is -2.45. The molecule has 2 aliphatic heterocycles. The minimum Gasteiger partial charge on any atom is -0.355 e. The summed E-state index contributed by atoms with van der Waals surface area (Å²) in [6.45, 7) is 7.33. The largest absolute Gasteiger partial charge is 0.355 e. The van der Waals surface area contributed by atoms with Gasteiger partial charge in [0, 0.05) is 39.3 Å². The van der Waals surface area contributed by atoms with E-state index in [0.717, 1.165) is 39.1 Å². The van der Waals surface area contributed by atoms with Crippen molar-refractivity contribution in [2.75, 3.05) is 39.3 Å². The first kappa shape index (κ1) is 18.7. The maximum Gasteiger partial charge on any atom is 0.317 e. The summed E-state index contributed by atoms with van der Waals surface area (Å²) < 4.78 is 0. The fourth-order valence-electron chi connectivity index (χ4n) is 4.12. The van der Waals surface area contributed by atoms with Crippen molar-refractivity contribution in [2.45, 2.75) is 26.3 Å². The smallest absolute Gasteiger partial charge is 0.317 e. The highest BCUT2D eigenvalue weighted by Gasteiger charge is 2.35. The van der Waals surface area contributed by atoms with E-state index >= 15 is 0 Å². The SMILES string of the molecule is CCCNC(=O)CNC(=O)N1CC2CC(CN(Cc3ccccc3)C2)C1. The minimum absolute atomic E-state index is 0.0603. The zero-order valence-electron chi connectivity index (χ0n) is 15.6. The number of hydrogen-bond acceptors (Lipinski definition) is 3. The molecule has 3 amide bonds. The van der Waals surface area contributed by atoms with E-state index in [1.165, 1.54) is 12.0 Å². The zero-order valence-corrected chi connectivity index (χ0v) is 15.6. The monoisotopic (exact) mass is 358 g/mol. The highest BCUT2D eigenvalue weighted by molar-refractivity contribution is 5.83. The third-order valence-electron chi connectivity index (χ3n) is 5.17. The summed E-state index contributed by atoms with van der Waals surface area (Å²) in [7, 11) is 0. The molecule has 142 valence electrons. The van der Waals surface area contributed by atoms with Crippen LogP contribution in [-0.4, -0.2) is 61.0 Å². The van der Waals surface area contributed by atoms with Gasteiger partial charge in [0.05, 0.1) is 6.54 Å². The molecule has 2 atom stereocenters. The molecule has 2 N–H and O–H groups in total. The van der Waals surface area contributed by atoms with Gasteiger partial charge in [-0.25, -0.2) is 4.79 Å². The lowest BCUT2D eigenvalue weighted by atomic mass is 9.84. The number of carbonyl (C=O) groups excluding carboxylic acids is 2. The van der Waals surface area contributed by atoms with E-state index in [9.17, 15) is 9.59 Å². The van der Waals surface area contributed by atoms with Gasteiger partial charge in [-0.2, -0.15) is 0 Å². The standard InChI is InChI=1S/C20H30N4O2/c1-2-8-21-19(25)10-22-20(26)24-14-17-9-18(15-24)13-23(12-17)11-16-6-4-3-5-7-16/h3-7,17-18H,2,8-15H2,1H3,(H,21,25)(H,22,26). The van der Waals surface area contributed by atoms with E-state index in [-0.39, 0.29) is 18.5 Å². The molecular weight excluding hydrogens is 328 g/mol. The Morgan fingerprint density at radius 1 is 1.04 bits per heavy atom. The second-order valence-corrected chi connectivity index (χ2v) is 7.56. The van der Waals surface area contributed by atoms with E-state index < -0.39 is 0 Å². The number of carbonyl (C=O) groups is 2. The molecule has 2 saturated heterocycles. The Morgan fingerprint density at radius 2 is 1.73 bits per heavy atom. The summed E-state index contributed by atoms with van der Waals surface area (Å²) in [5, 5.41) is 5.54. The first-order valence-corrected chi connectivity index (χ1v) is 9.69. The van der Waals surface area contributed by atoms with Crippen molar-refractivity contribution in [2.24, 2.45) is 11.8 Å². The fraction of sp³-hybridized carbons (Fsp3) is 0.600. The van der Waals surface area contributed by atoms with Crippen molar-refractivity contribution in [1.82, 2.24) is 20.4 Å². The van der Waals surface area contributed by atoms with Gasteiger partial charge in [0.25, 0.3) is 0 Å². The predicted molar refractivity (Wildman–Crippen MR) is 102 cm³/mol. The van der Waals surface area contributed by atoms with Crippen LogP contribution in [0.25, 0.3) is 0 Å². The van der Waals surface area contributed by atoms with Crippen molar-refractivity contribution in [3.05, 3.63) is 35.9 Å². The van der Waals surface area contributed by atoms with Crippen LogP contribution < -0.4 is 10.6 Å². The van der Waals surface area contributed by atoms with E-state index in [2.05, 4.69) is 39.8 Å². The molecule has 26 heavy (non-hydrogen) atoms. The Morgan fingerprint density at radius 3 is 2.38 bits per heavy atom. The van der Waals surface area contributed by atoms with E-state index in [1.807, 2.05) is 17.9 Å². The number of likely N-dealkylation sites (tertiary alicyclic amines) is 2. The maximum absolute atomic E-state index is 12.4. The van der Waals surface area contributed by atoms with Crippen LogP contribution in [0.3, 0.4) is 0 Å². The number of benzene rings is 1. The molecule has 6 nitrogen and oxygen atoms in total. The van der Waals surface area contributed by atoms with Crippen molar-refractivity contribution in [3.8, 4) is 0 Å². The van der Waals surface area contributed by atoms with Gasteiger partial charge in [0.1, 0.15) is 0 Å². The van der Waals surface area contributed by atoms with Crippen LogP contribution >= 0.6 is 0 Å². The van der Waals surface area contributed by atoms with Crippen LogP contribution in [0.1, 0.15) is 25.3 Å². The van der Waals surface area contributed by atoms with Crippen LogP contribution in [0.4, 0.5) is 4.79 Å². The van der Waals surface area contributed by atoms with E-state index in [0.29, 0.717) is 18.4 Å². The van der Waals surface area contributed by atoms with Crippen LogP contribution in [0.2, 0.25) is 0 Å². The quantitative estimate of drug-likeness (QED) is 0.813. The van der Waals surface area contributed by atoms with Gasteiger partial charge in [0.2, 0.25) is 5.91 Å². The molecule has 0 spiro atoms. The molecule has 0 radical (unpaired) electrons. The summed E-state index contributed by atoms with van der Waals surface area (Å²) in [5.41, 5.74) is 1.35. The fourth-order valence-corrected chi connectivity index (χ4v) is 4.12. The van der Waals surface area contributed by atoms with Crippen LogP contribution in [0, 0.1) is 11.8 Å². The molecule has 1 aromatic rings. The van der Waals surface area contributed by atoms with Gasteiger partial charge in [-0.15, -0.1) is 0 Å². The van der Waals surface area contributed by atoms with Crippen molar-refractivity contribution >= 4 is 11.9 Å². The Labute approximate surface area is 155 Å². The van der Waals surface area contributed by atoms with Gasteiger partial charge in [-0.1, -0.05) is 37.3 Å². The Balaban J connectivity index is 1.46. The second-order valence-electron chi connectivity index (χ2n) is 7.56. The number of nitrogens with one attached hydrogen (secondary N) is 2. The molecule has 2 heterocycles. The van der Waals surface area contributed by atoms with Gasteiger partial charge in [-0.05, 0) is 30.2 Å². The van der Waals surface area contributed by atoms with Crippen molar-refractivity contribution < 1.29 is 9.59 Å². The highest BCUT2D eigenvalue weighted by Crippen LogP contribution is 2.29. The molecule has 6 heteroatoms. The van der Waals surface area contributed by atoms with Crippen LogP contribution in [0.5, 0.6) is 0 Å². The molecule has 2 aliphatic rings. The van der Waals surface area contributed by atoms with Gasteiger partial charge < -0.3 is 15.5 Å². The zero-order chi connectivity index (χ0) is 18.4. The molecule has 1 aromatic carbocycles. The average Bonchev–Trinajstić information content (AvgIpc) is 2.64. The number of piperidine rings is 2. The maximum atomic E-state index is 12.4. The van der Waals surface area contributed by atoms with Gasteiger partial charge >= 0.3 is 6.03 Å². The summed E-state index contributed by atoms with van der Waals surface area (Å²) in [5.74, 6) is 0.920. The Hall–Kier alpha value is -2.08. The molecule has 3 rings (SSSR count). The van der Waals surface area contributed by atoms with Crippen LogP contribution in [0.15, 0.2) is 30.3 Å². The Kier molecular flexibility index (Phi) is 6.50. The molecular formula is C20H30N4O2. The first-order valence-electron chi connectivity index (χ1n) is 9.69. The molecule has 2 unspecified atom stereocenters. The third-order valence-corrected chi connectivity index (χ3v) is 5.17. The topological polar surface area (TPSA) is 64.7 Å². The first-order chi connectivity index (χ1) is 12.6. The minimum atomic E-state index is -0.119. The number of fused-ring (bicyclic) bond motifs is 2. The molecule has 2 fully saturated rings. The lowest BCUT2D eigenvalue weighted by molar-refractivity contribution is -0.120. The van der Waals surface area contributed by atoms with Crippen molar-refractivity contribution in [3.63, 3.8) is 0 Å². The normalized spacial score (nSPS) is 22.7. The van der Waals surface area contributed by atoms with Gasteiger partial charge in [0.15, 0.2) is 0 Å². The molecule has 0 aromatic heterocycles. The second kappa shape index (κ2) is 9.03. The Bertz CT molecular complexity index is 593. The lowest BCUT2D eigenvalue weighted by Crippen LogP contribution is -2.56. The summed E-state index contributed by atoms with van der Waals surface area (Å²) in [6, 6.07) is 10.5. The number of rotatable bonds is 6. The van der Waals surface area contributed by atoms with Crippen molar-refractivity contribution in [1.29, 1.82) is 0 Å². The molecule has 0 saturated carbocycles. The third kappa shape index (κ3) is 5.21. The van der Waals surface area contributed by atoms with Crippen LogP contribution in [-0.2, 0) is 11.3 Å². The number of hydrogen-bond donors (Lipinski definition) is 2. The molecule has 0 aliphatic carbocycles. The predicted octanol–water partition coefficient (Wildman–Crippen LogP) is 1.68. The number of nitrogens with zero attached hydrogens (tertiary/aromatic N) is 2. The number of urea groups is 1. The van der Waals surface area contributed by atoms with Gasteiger partial charge in [-0.3, -0.25) is 9.69 Å². The average molecular weight is 358 g/mol.